The number of terminal acetylenes is 1. The third-order valence-corrected chi connectivity index (χ3v) is 3.45. The Bertz CT molecular complexity index is 294. The molecule has 82 valence electrons. The fourth-order valence-electron chi connectivity index (χ4n) is 2.62. The highest BCUT2D eigenvalue weighted by Gasteiger charge is 2.35. The molecular weight excluding hydrogens is 190 g/mol. The minimum absolute atomic E-state index is 0.0802. The van der Waals surface area contributed by atoms with Crippen molar-refractivity contribution >= 4 is 5.91 Å². The summed E-state index contributed by atoms with van der Waals surface area (Å²) >= 11 is 0. The number of hydrogen-bond acceptors (Lipinski definition) is 2. The first kappa shape index (κ1) is 10.5. The molecule has 1 saturated heterocycles. The van der Waals surface area contributed by atoms with E-state index in [2.05, 4.69) is 5.92 Å². The largest absolute Gasteiger partial charge is 0.393 e. The van der Waals surface area contributed by atoms with Crippen molar-refractivity contribution in [2.45, 2.75) is 44.2 Å². The summed E-state index contributed by atoms with van der Waals surface area (Å²) in [7, 11) is 0. The number of carbonyl (C=O) groups is 1. The molecule has 0 radical (unpaired) electrons. The van der Waals surface area contributed by atoms with Crippen LogP contribution in [0.5, 0.6) is 0 Å². The van der Waals surface area contributed by atoms with Crippen LogP contribution in [0.3, 0.4) is 0 Å². The minimum atomic E-state index is -0.235. The lowest BCUT2D eigenvalue weighted by atomic mass is 9.92. The van der Waals surface area contributed by atoms with Crippen LogP contribution in [0, 0.1) is 18.3 Å². The zero-order valence-electron chi connectivity index (χ0n) is 8.85. The molecule has 3 nitrogen and oxygen atoms in total. The molecule has 1 heterocycles. The lowest BCUT2D eigenvalue weighted by Gasteiger charge is -2.33. The summed E-state index contributed by atoms with van der Waals surface area (Å²) < 4.78 is 0. The smallest absolute Gasteiger partial charge is 0.224 e. The maximum absolute atomic E-state index is 11.7. The van der Waals surface area contributed by atoms with Crippen molar-refractivity contribution in [1.82, 2.24) is 4.90 Å². The van der Waals surface area contributed by atoms with Gasteiger partial charge in [0.1, 0.15) is 0 Å². The van der Waals surface area contributed by atoms with Crippen LogP contribution >= 0.6 is 0 Å². The van der Waals surface area contributed by atoms with Crippen molar-refractivity contribution in [2.24, 2.45) is 5.92 Å². The van der Waals surface area contributed by atoms with Crippen LogP contribution in [-0.2, 0) is 4.79 Å². The summed E-state index contributed by atoms with van der Waals surface area (Å²) in [6.45, 7) is 0.687. The predicted molar refractivity (Wildman–Crippen MR) is 56.9 cm³/mol. The number of nitrogens with zero attached hydrogens (tertiary/aromatic N) is 1. The SMILES string of the molecule is C#CC1CC(=O)N(C2CCCC(O)C2)C1. The van der Waals surface area contributed by atoms with Gasteiger partial charge in [-0.25, -0.2) is 0 Å². The van der Waals surface area contributed by atoms with E-state index in [9.17, 15) is 9.90 Å². The van der Waals surface area contributed by atoms with Gasteiger partial charge >= 0.3 is 0 Å². The van der Waals surface area contributed by atoms with Gasteiger partial charge in [0.2, 0.25) is 5.91 Å². The van der Waals surface area contributed by atoms with E-state index < -0.39 is 0 Å². The van der Waals surface area contributed by atoms with E-state index in [1.54, 1.807) is 0 Å². The molecule has 0 bridgehead atoms. The minimum Gasteiger partial charge on any atom is -0.393 e. The highest BCUT2D eigenvalue weighted by atomic mass is 16.3. The van der Waals surface area contributed by atoms with E-state index in [0.717, 1.165) is 25.7 Å². The van der Waals surface area contributed by atoms with E-state index in [0.29, 0.717) is 13.0 Å². The maximum atomic E-state index is 11.7. The Balaban J connectivity index is 1.99. The average molecular weight is 207 g/mol. The van der Waals surface area contributed by atoms with Crippen LogP contribution in [-0.4, -0.2) is 34.6 Å². The van der Waals surface area contributed by atoms with Crippen molar-refractivity contribution < 1.29 is 9.90 Å². The molecule has 1 aliphatic carbocycles. The molecule has 0 spiro atoms. The maximum Gasteiger partial charge on any atom is 0.224 e. The summed E-state index contributed by atoms with van der Waals surface area (Å²) in [6.07, 6.45) is 9.21. The molecule has 0 aromatic heterocycles. The summed E-state index contributed by atoms with van der Waals surface area (Å²) in [4.78, 5) is 13.6. The normalized spacial score (nSPS) is 36.7. The van der Waals surface area contributed by atoms with Crippen LogP contribution < -0.4 is 0 Å². The second-order valence-electron chi connectivity index (χ2n) is 4.59. The molecular formula is C12H17NO2. The summed E-state index contributed by atoms with van der Waals surface area (Å²) in [5.74, 6) is 2.89. The van der Waals surface area contributed by atoms with E-state index in [4.69, 9.17) is 6.42 Å². The van der Waals surface area contributed by atoms with Gasteiger partial charge in [-0.1, -0.05) is 0 Å². The Hall–Kier alpha value is -1.01. The second kappa shape index (κ2) is 4.24. The molecule has 3 heteroatoms. The highest BCUT2D eigenvalue weighted by Crippen LogP contribution is 2.28. The van der Waals surface area contributed by atoms with Crippen molar-refractivity contribution in [3.63, 3.8) is 0 Å². The number of aliphatic hydroxyl groups is 1. The molecule has 1 amide bonds. The van der Waals surface area contributed by atoms with E-state index in [1.165, 1.54) is 0 Å². The van der Waals surface area contributed by atoms with Crippen molar-refractivity contribution in [3.05, 3.63) is 0 Å². The molecule has 3 unspecified atom stereocenters. The molecule has 2 fully saturated rings. The van der Waals surface area contributed by atoms with E-state index in [-0.39, 0.29) is 24.0 Å². The second-order valence-corrected chi connectivity index (χ2v) is 4.59. The zero-order chi connectivity index (χ0) is 10.8. The van der Waals surface area contributed by atoms with Crippen LogP contribution in [0.4, 0.5) is 0 Å². The predicted octanol–water partition coefficient (Wildman–Crippen LogP) is 0.772. The van der Waals surface area contributed by atoms with Crippen molar-refractivity contribution in [1.29, 1.82) is 0 Å². The molecule has 0 aromatic carbocycles. The lowest BCUT2D eigenvalue weighted by Crippen LogP contribution is -2.41. The van der Waals surface area contributed by atoms with Crippen molar-refractivity contribution in [2.75, 3.05) is 6.54 Å². The van der Waals surface area contributed by atoms with Gasteiger partial charge in [-0.2, -0.15) is 0 Å². The third kappa shape index (κ3) is 2.15. The summed E-state index contributed by atoms with van der Waals surface area (Å²) in [5.41, 5.74) is 0. The van der Waals surface area contributed by atoms with Gasteiger partial charge in [-0.3, -0.25) is 4.79 Å². The quantitative estimate of drug-likeness (QED) is 0.645. The highest BCUT2D eigenvalue weighted by molar-refractivity contribution is 5.79. The van der Waals surface area contributed by atoms with Crippen LogP contribution in [0.25, 0.3) is 0 Å². The number of carbonyl (C=O) groups excluding carboxylic acids is 1. The Kier molecular flexibility index (Phi) is 2.97. The fourth-order valence-corrected chi connectivity index (χ4v) is 2.62. The number of rotatable bonds is 1. The van der Waals surface area contributed by atoms with Gasteiger partial charge < -0.3 is 10.0 Å². The monoisotopic (exact) mass is 207 g/mol. The van der Waals surface area contributed by atoms with E-state index >= 15 is 0 Å². The van der Waals surface area contributed by atoms with Gasteiger partial charge in [0.05, 0.1) is 6.10 Å². The Morgan fingerprint density at radius 2 is 2.27 bits per heavy atom. The molecule has 2 rings (SSSR count). The average Bonchev–Trinajstić information content (AvgIpc) is 2.60. The van der Waals surface area contributed by atoms with Gasteiger partial charge in [0.15, 0.2) is 0 Å². The number of aliphatic hydroxyl groups excluding tert-OH is 1. The lowest BCUT2D eigenvalue weighted by molar-refractivity contribution is -0.130. The van der Waals surface area contributed by atoms with Crippen LogP contribution in [0.2, 0.25) is 0 Å². The third-order valence-electron chi connectivity index (χ3n) is 3.45. The number of hydrogen-bond donors (Lipinski definition) is 1. The summed E-state index contributed by atoms with van der Waals surface area (Å²) in [5, 5.41) is 9.57. The first-order chi connectivity index (χ1) is 7.20. The zero-order valence-corrected chi connectivity index (χ0v) is 8.85. The Labute approximate surface area is 90.5 Å². The first-order valence-corrected chi connectivity index (χ1v) is 5.64. The summed E-state index contributed by atoms with van der Waals surface area (Å²) in [6, 6.07) is 0.222. The van der Waals surface area contributed by atoms with Crippen LogP contribution in [0.15, 0.2) is 0 Å². The topological polar surface area (TPSA) is 40.5 Å². The number of amides is 1. The standard InChI is InChI=1S/C12H17NO2/c1-2-9-6-12(15)13(8-9)10-4-3-5-11(14)7-10/h1,9-11,14H,3-8H2. The van der Waals surface area contributed by atoms with Crippen molar-refractivity contribution in [3.8, 4) is 12.3 Å². The van der Waals surface area contributed by atoms with Gasteiger partial charge in [0, 0.05) is 24.9 Å². The Morgan fingerprint density at radius 3 is 2.87 bits per heavy atom. The fraction of sp³-hybridized carbons (Fsp3) is 0.750. The number of likely N-dealkylation sites (tertiary alicyclic amines) is 1. The molecule has 2 aliphatic rings. The van der Waals surface area contributed by atoms with Gasteiger partial charge in [0.25, 0.3) is 0 Å². The molecule has 1 saturated carbocycles. The molecule has 0 aromatic rings. The van der Waals surface area contributed by atoms with Gasteiger partial charge in [-0.15, -0.1) is 12.3 Å². The van der Waals surface area contributed by atoms with Gasteiger partial charge in [-0.05, 0) is 25.7 Å². The molecule has 1 aliphatic heterocycles. The Morgan fingerprint density at radius 1 is 1.47 bits per heavy atom. The molecule has 3 atom stereocenters. The first-order valence-electron chi connectivity index (χ1n) is 5.64. The van der Waals surface area contributed by atoms with E-state index in [1.807, 2.05) is 4.90 Å². The molecule has 15 heavy (non-hydrogen) atoms. The van der Waals surface area contributed by atoms with Crippen LogP contribution in [0.1, 0.15) is 32.1 Å². The molecule has 1 N–H and O–H groups in total.